The van der Waals surface area contributed by atoms with Crippen LogP contribution >= 0.6 is 0 Å². The SMILES string of the molecule is CNc1ccncn1.NC(N)=O.O=C(O)C(F)(F)F. The third kappa shape index (κ3) is 15.4. The fourth-order valence-electron chi connectivity index (χ4n) is 0.439. The Labute approximate surface area is 105 Å². The highest BCUT2D eigenvalue weighted by Crippen LogP contribution is 2.13. The lowest BCUT2D eigenvalue weighted by Crippen LogP contribution is -2.21. The van der Waals surface area contributed by atoms with Crippen molar-refractivity contribution in [2.45, 2.75) is 6.18 Å². The van der Waals surface area contributed by atoms with Crippen LogP contribution in [0.5, 0.6) is 0 Å². The highest BCUT2D eigenvalue weighted by atomic mass is 19.4. The summed E-state index contributed by atoms with van der Waals surface area (Å²) >= 11 is 0. The van der Waals surface area contributed by atoms with Gasteiger partial charge in [0, 0.05) is 13.2 Å². The number of urea groups is 1. The Morgan fingerprint density at radius 2 is 1.79 bits per heavy atom. The van der Waals surface area contributed by atoms with Crippen molar-refractivity contribution in [1.82, 2.24) is 9.97 Å². The zero-order valence-corrected chi connectivity index (χ0v) is 9.68. The van der Waals surface area contributed by atoms with Crippen LogP contribution in [-0.2, 0) is 4.79 Å². The molecule has 0 fully saturated rings. The molecular formula is C8H12F3N5O3. The van der Waals surface area contributed by atoms with Crippen LogP contribution < -0.4 is 16.8 Å². The minimum absolute atomic E-state index is 0.833. The van der Waals surface area contributed by atoms with E-state index in [1.807, 2.05) is 7.05 Å². The van der Waals surface area contributed by atoms with Crippen molar-refractivity contribution in [2.24, 2.45) is 11.5 Å². The Bertz CT molecular complexity index is 381. The summed E-state index contributed by atoms with van der Waals surface area (Å²) in [7, 11) is 1.82. The van der Waals surface area contributed by atoms with Crippen LogP contribution in [0.25, 0.3) is 0 Å². The van der Waals surface area contributed by atoms with E-state index in [4.69, 9.17) is 14.7 Å². The van der Waals surface area contributed by atoms with E-state index in [-0.39, 0.29) is 0 Å². The number of primary amides is 2. The topological polar surface area (TPSA) is 144 Å². The molecule has 108 valence electrons. The van der Waals surface area contributed by atoms with Crippen LogP contribution in [0, 0.1) is 0 Å². The Morgan fingerprint density at radius 3 is 1.95 bits per heavy atom. The van der Waals surface area contributed by atoms with E-state index in [1.54, 1.807) is 12.3 Å². The molecule has 1 rings (SSSR count). The number of hydrogen-bond acceptors (Lipinski definition) is 5. The van der Waals surface area contributed by atoms with Gasteiger partial charge in [-0.25, -0.2) is 19.6 Å². The van der Waals surface area contributed by atoms with Crippen molar-refractivity contribution in [3.63, 3.8) is 0 Å². The number of carbonyl (C=O) groups is 2. The van der Waals surface area contributed by atoms with Crippen molar-refractivity contribution in [2.75, 3.05) is 12.4 Å². The Kier molecular flexibility index (Phi) is 9.33. The summed E-state index contributed by atoms with van der Waals surface area (Å²) < 4.78 is 31.7. The number of aromatic nitrogens is 2. The van der Waals surface area contributed by atoms with Gasteiger partial charge >= 0.3 is 18.2 Å². The molecule has 0 aliphatic carbocycles. The number of alkyl halides is 3. The summed E-state index contributed by atoms with van der Waals surface area (Å²) in [5, 5.41) is 10.0. The van der Waals surface area contributed by atoms with E-state index in [2.05, 4.69) is 26.8 Å². The molecule has 1 heterocycles. The molecule has 0 spiro atoms. The average Bonchev–Trinajstić information content (AvgIpc) is 2.29. The molecule has 0 aliphatic rings. The fraction of sp³-hybridized carbons (Fsp3) is 0.250. The van der Waals surface area contributed by atoms with Gasteiger partial charge in [0.05, 0.1) is 0 Å². The Hall–Kier alpha value is -2.59. The van der Waals surface area contributed by atoms with Gasteiger partial charge in [0.1, 0.15) is 12.1 Å². The van der Waals surface area contributed by atoms with Crippen LogP contribution in [0.4, 0.5) is 23.8 Å². The molecule has 0 saturated carbocycles. The van der Waals surface area contributed by atoms with Gasteiger partial charge in [0.25, 0.3) is 0 Å². The molecule has 1 aromatic heterocycles. The first-order chi connectivity index (χ1) is 8.61. The molecular weight excluding hydrogens is 271 g/mol. The van der Waals surface area contributed by atoms with Crippen molar-refractivity contribution < 1.29 is 27.9 Å². The molecule has 0 bridgehead atoms. The minimum atomic E-state index is -5.08. The minimum Gasteiger partial charge on any atom is -0.475 e. The summed E-state index contributed by atoms with van der Waals surface area (Å²) in [6, 6.07) is 0.972. The van der Waals surface area contributed by atoms with Gasteiger partial charge in [0.15, 0.2) is 0 Å². The molecule has 1 aromatic rings. The average molecular weight is 283 g/mol. The lowest BCUT2D eigenvalue weighted by atomic mass is 10.6. The molecule has 0 aliphatic heterocycles. The van der Waals surface area contributed by atoms with Gasteiger partial charge in [-0.3, -0.25) is 0 Å². The zero-order chi connectivity index (χ0) is 15.5. The number of anilines is 1. The second kappa shape index (κ2) is 9.44. The molecule has 0 aromatic carbocycles. The molecule has 2 amide bonds. The van der Waals surface area contributed by atoms with Crippen molar-refractivity contribution >= 4 is 17.8 Å². The standard InChI is InChI=1S/C5H7N3.C2HF3O2.CH4N2O/c1-6-5-2-3-7-4-8-5;3-2(4,5)1(6)7;2-1(3)4/h2-4H,1H3,(H,6,7,8);(H,6,7);(H4,2,3,4). The molecule has 0 unspecified atom stereocenters. The maximum Gasteiger partial charge on any atom is 0.490 e. The van der Waals surface area contributed by atoms with E-state index < -0.39 is 18.2 Å². The van der Waals surface area contributed by atoms with Gasteiger partial charge in [-0.1, -0.05) is 0 Å². The number of hydrogen-bond donors (Lipinski definition) is 4. The monoisotopic (exact) mass is 283 g/mol. The third-order valence-electron chi connectivity index (χ3n) is 1.08. The largest absolute Gasteiger partial charge is 0.490 e. The number of amides is 2. The summed E-state index contributed by atoms with van der Waals surface area (Å²) in [5.41, 5.74) is 8.50. The second-order valence-electron chi connectivity index (χ2n) is 2.55. The van der Waals surface area contributed by atoms with E-state index in [0.29, 0.717) is 0 Å². The first kappa shape index (κ1) is 18.8. The number of carboxylic acids is 1. The number of halogens is 3. The molecule has 11 heteroatoms. The number of nitrogens with two attached hydrogens (primary N) is 2. The molecule has 0 radical (unpaired) electrons. The quantitative estimate of drug-likeness (QED) is 0.578. The number of nitrogens with one attached hydrogen (secondary N) is 1. The highest BCUT2D eigenvalue weighted by molar-refractivity contribution is 5.73. The van der Waals surface area contributed by atoms with Crippen LogP contribution in [0.15, 0.2) is 18.6 Å². The summed E-state index contributed by atoms with van der Waals surface area (Å²) in [5.74, 6) is -1.91. The number of aliphatic carboxylic acids is 1. The smallest absolute Gasteiger partial charge is 0.475 e. The first-order valence-corrected chi connectivity index (χ1v) is 4.40. The van der Waals surface area contributed by atoms with Crippen LogP contribution in [0.1, 0.15) is 0 Å². The Morgan fingerprint density at radius 1 is 1.37 bits per heavy atom. The zero-order valence-electron chi connectivity index (χ0n) is 9.68. The van der Waals surface area contributed by atoms with Crippen molar-refractivity contribution in [1.29, 1.82) is 0 Å². The van der Waals surface area contributed by atoms with Gasteiger partial charge < -0.3 is 21.9 Å². The van der Waals surface area contributed by atoms with Gasteiger partial charge in [-0.05, 0) is 6.07 Å². The summed E-state index contributed by atoms with van der Waals surface area (Å²) in [6.07, 6.45) is -1.88. The lowest BCUT2D eigenvalue weighted by molar-refractivity contribution is -0.192. The predicted octanol–water partition coefficient (Wildman–Crippen LogP) is 0.175. The molecule has 8 nitrogen and oxygen atoms in total. The van der Waals surface area contributed by atoms with E-state index in [1.165, 1.54) is 6.33 Å². The summed E-state index contributed by atoms with van der Waals surface area (Å²) in [6.45, 7) is 0. The maximum absolute atomic E-state index is 10.6. The Balaban J connectivity index is 0. The number of nitrogens with zero attached hydrogens (tertiary/aromatic N) is 2. The maximum atomic E-state index is 10.6. The highest BCUT2D eigenvalue weighted by Gasteiger charge is 2.38. The van der Waals surface area contributed by atoms with Crippen LogP contribution in [0.3, 0.4) is 0 Å². The number of carbonyl (C=O) groups excluding carboxylic acids is 1. The molecule has 0 atom stereocenters. The molecule has 19 heavy (non-hydrogen) atoms. The van der Waals surface area contributed by atoms with E-state index in [9.17, 15) is 13.2 Å². The van der Waals surface area contributed by atoms with Gasteiger partial charge in [0.2, 0.25) is 0 Å². The normalized spacial score (nSPS) is 9.05. The fourth-order valence-corrected chi connectivity index (χ4v) is 0.439. The van der Waals surface area contributed by atoms with Crippen molar-refractivity contribution in [3.05, 3.63) is 18.6 Å². The summed E-state index contributed by atoms with van der Waals surface area (Å²) in [4.78, 5) is 25.5. The first-order valence-electron chi connectivity index (χ1n) is 4.40. The van der Waals surface area contributed by atoms with Gasteiger partial charge in [-0.2, -0.15) is 13.2 Å². The third-order valence-corrected chi connectivity index (χ3v) is 1.08. The van der Waals surface area contributed by atoms with E-state index >= 15 is 0 Å². The molecule has 6 N–H and O–H groups in total. The van der Waals surface area contributed by atoms with Gasteiger partial charge in [-0.15, -0.1) is 0 Å². The van der Waals surface area contributed by atoms with Crippen LogP contribution in [0.2, 0.25) is 0 Å². The predicted molar refractivity (Wildman–Crippen MR) is 59.0 cm³/mol. The lowest BCUT2D eigenvalue weighted by Gasteiger charge is -1.93. The van der Waals surface area contributed by atoms with Crippen molar-refractivity contribution in [3.8, 4) is 0 Å². The molecule has 0 saturated heterocycles. The number of rotatable bonds is 1. The second-order valence-corrected chi connectivity index (χ2v) is 2.55. The van der Waals surface area contributed by atoms with E-state index in [0.717, 1.165) is 5.82 Å². The number of carboxylic acid groups (broad SMARTS) is 1. The van der Waals surface area contributed by atoms with Crippen LogP contribution in [-0.4, -0.2) is 40.3 Å².